The maximum Gasteiger partial charge on any atom is 0.285 e. The Morgan fingerprint density at radius 1 is 1.17 bits per heavy atom. The van der Waals surface area contributed by atoms with Gasteiger partial charge in [-0.3, -0.25) is 4.79 Å². The van der Waals surface area contributed by atoms with Crippen molar-refractivity contribution in [2.24, 2.45) is 10.3 Å². The van der Waals surface area contributed by atoms with Crippen LogP contribution in [0.5, 0.6) is 0 Å². The van der Waals surface area contributed by atoms with Crippen LogP contribution in [-0.4, -0.2) is 44.2 Å². The molecule has 1 unspecified atom stereocenters. The number of sulfonamides is 1. The van der Waals surface area contributed by atoms with Gasteiger partial charge in [-0.05, 0) is 50.2 Å². The average molecular weight is 432 g/mol. The van der Waals surface area contributed by atoms with Gasteiger partial charge in [-0.25, -0.2) is 0 Å². The van der Waals surface area contributed by atoms with Crippen LogP contribution in [0, 0.1) is 5.92 Å². The van der Waals surface area contributed by atoms with Crippen molar-refractivity contribution in [2.75, 3.05) is 13.1 Å². The molecule has 3 rings (SSSR count). The van der Waals surface area contributed by atoms with Gasteiger partial charge in [0.2, 0.25) is 5.91 Å². The molecule has 2 aliphatic rings. The van der Waals surface area contributed by atoms with E-state index in [9.17, 15) is 13.2 Å². The second kappa shape index (κ2) is 8.92. The van der Waals surface area contributed by atoms with Gasteiger partial charge in [0, 0.05) is 30.6 Å². The summed E-state index contributed by atoms with van der Waals surface area (Å²) in [5.41, 5.74) is 2.54. The predicted octanol–water partition coefficient (Wildman–Crippen LogP) is 3.91. The minimum absolute atomic E-state index is 0.0267. The summed E-state index contributed by atoms with van der Waals surface area (Å²) in [6.45, 7) is 11.4. The van der Waals surface area contributed by atoms with Crippen molar-refractivity contribution in [3.05, 3.63) is 41.0 Å². The molecule has 1 amide bonds. The highest BCUT2D eigenvalue weighted by Gasteiger charge is 2.35. The minimum atomic E-state index is -3.72. The molecule has 7 heteroatoms. The number of hydrogen-bond acceptors (Lipinski definition) is 4. The Morgan fingerprint density at radius 2 is 1.77 bits per heavy atom. The van der Waals surface area contributed by atoms with E-state index in [1.807, 2.05) is 43.0 Å². The molecule has 0 spiro atoms. The molecule has 0 bridgehead atoms. The Hall–Kier alpha value is -2.15. The predicted molar refractivity (Wildman–Crippen MR) is 122 cm³/mol. The zero-order chi connectivity index (χ0) is 22.1. The van der Waals surface area contributed by atoms with Crippen LogP contribution in [0.2, 0.25) is 0 Å². The molecule has 30 heavy (non-hydrogen) atoms. The van der Waals surface area contributed by atoms with E-state index in [1.54, 1.807) is 0 Å². The van der Waals surface area contributed by atoms with Crippen LogP contribution in [-0.2, 0) is 14.8 Å². The Kier molecular flexibility index (Phi) is 6.70. The largest absolute Gasteiger partial charge is 0.356 e. The first-order chi connectivity index (χ1) is 14.1. The third-order valence-electron chi connectivity index (χ3n) is 6.15. The van der Waals surface area contributed by atoms with Gasteiger partial charge in [-0.1, -0.05) is 45.0 Å². The molecule has 0 aromatic heterocycles. The number of carbonyl (C=O) groups is 1. The van der Waals surface area contributed by atoms with Crippen molar-refractivity contribution in [3.63, 3.8) is 0 Å². The number of hydrogen-bond donors (Lipinski definition) is 1. The molecule has 1 fully saturated rings. The number of benzene rings is 1. The van der Waals surface area contributed by atoms with E-state index in [-0.39, 0.29) is 17.9 Å². The van der Waals surface area contributed by atoms with Crippen LogP contribution >= 0.6 is 0 Å². The van der Waals surface area contributed by atoms with Crippen molar-refractivity contribution < 1.29 is 13.2 Å². The molecule has 0 radical (unpaired) electrons. The van der Waals surface area contributed by atoms with Crippen molar-refractivity contribution >= 4 is 26.7 Å². The molecule has 1 aromatic carbocycles. The fourth-order valence-electron chi connectivity index (χ4n) is 4.02. The molecule has 2 heterocycles. The average Bonchev–Trinajstić information content (AvgIpc) is 2.96. The molecular weight excluding hydrogens is 398 g/mol. The van der Waals surface area contributed by atoms with Crippen LogP contribution in [0.4, 0.5) is 0 Å². The van der Waals surface area contributed by atoms with Crippen LogP contribution in [0.15, 0.2) is 34.2 Å². The van der Waals surface area contributed by atoms with Crippen LogP contribution < -0.4 is 5.32 Å². The molecule has 6 nitrogen and oxygen atoms in total. The highest BCUT2D eigenvalue weighted by Crippen LogP contribution is 2.35. The van der Waals surface area contributed by atoms with E-state index in [1.165, 1.54) is 5.56 Å². The quantitative estimate of drug-likeness (QED) is 0.767. The summed E-state index contributed by atoms with van der Waals surface area (Å²) in [5, 5.41) is 3.05. The zero-order valence-electron chi connectivity index (χ0n) is 18.6. The molecule has 0 aliphatic carbocycles. The van der Waals surface area contributed by atoms with Gasteiger partial charge in [0.1, 0.15) is 10.7 Å². The first-order valence-electron chi connectivity index (χ1n) is 10.9. The fourth-order valence-corrected chi connectivity index (χ4v) is 5.50. The number of amides is 1. The number of amidine groups is 1. The van der Waals surface area contributed by atoms with Gasteiger partial charge in [0.25, 0.3) is 10.0 Å². The topological polar surface area (TPSA) is 78.8 Å². The molecule has 2 aliphatic heterocycles. The standard InChI is InChI=1S/C23H33N3O3S/c1-6-16(4)24-23(27)20-11-13-26(14-12-20)22-17(5)21(30(28,29)25-22)19-9-7-18(8-10-19)15(2)3/h7-10,15-16,20H,6,11-14H2,1-5H3,(H,24,27). The monoisotopic (exact) mass is 431 g/mol. The number of piperidine rings is 1. The Morgan fingerprint density at radius 3 is 2.30 bits per heavy atom. The molecule has 1 saturated heterocycles. The zero-order valence-corrected chi connectivity index (χ0v) is 19.4. The maximum atomic E-state index is 12.8. The van der Waals surface area contributed by atoms with Gasteiger partial charge < -0.3 is 10.2 Å². The molecule has 1 N–H and O–H groups in total. The lowest BCUT2D eigenvalue weighted by atomic mass is 9.94. The van der Waals surface area contributed by atoms with E-state index >= 15 is 0 Å². The number of carbonyl (C=O) groups excluding carboxylic acids is 1. The number of rotatable bonds is 5. The summed E-state index contributed by atoms with van der Waals surface area (Å²) in [6, 6.07) is 7.88. The summed E-state index contributed by atoms with van der Waals surface area (Å²) < 4.78 is 29.8. The molecule has 1 atom stereocenters. The lowest BCUT2D eigenvalue weighted by Crippen LogP contribution is -2.44. The molecule has 1 aromatic rings. The highest BCUT2D eigenvalue weighted by molar-refractivity contribution is 8.00. The molecule has 0 saturated carbocycles. The number of nitrogens with one attached hydrogen (secondary N) is 1. The third kappa shape index (κ3) is 4.61. The van der Waals surface area contributed by atoms with Gasteiger partial charge in [0.15, 0.2) is 0 Å². The van der Waals surface area contributed by atoms with Crippen molar-refractivity contribution in [1.29, 1.82) is 0 Å². The summed E-state index contributed by atoms with van der Waals surface area (Å²) >= 11 is 0. The van der Waals surface area contributed by atoms with Crippen molar-refractivity contribution in [1.82, 2.24) is 10.2 Å². The normalized spacial score (nSPS) is 20.5. The molecular formula is C23H33N3O3S. The van der Waals surface area contributed by atoms with E-state index in [0.717, 1.165) is 6.42 Å². The Bertz CT molecular complexity index is 954. The minimum Gasteiger partial charge on any atom is -0.356 e. The third-order valence-corrected chi connectivity index (χ3v) is 7.62. The van der Waals surface area contributed by atoms with Gasteiger partial charge >= 0.3 is 0 Å². The summed E-state index contributed by atoms with van der Waals surface area (Å²) in [7, 11) is -3.72. The maximum absolute atomic E-state index is 12.8. The Balaban J connectivity index is 1.75. The van der Waals surface area contributed by atoms with E-state index in [0.29, 0.717) is 53.7 Å². The lowest BCUT2D eigenvalue weighted by Gasteiger charge is -2.33. The van der Waals surface area contributed by atoms with Crippen molar-refractivity contribution in [3.8, 4) is 0 Å². The highest BCUT2D eigenvalue weighted by atomic mass is 32.2. The summed E-state index contributed by atoms with van der Waals surface area (Å²) in [4.78, 5) is 14.7. The number of likely N-dealkylation sites (tertiary alicyclic amines) is 1. The van der Waals surface area contributed by atoms with Crippen molar-refractivity contribution in [2.45, 2.75) is 65.8 Å². The first kappa shape index (κ1) is 22.5. The first-order valence-corrected chi connectivity index (χ1v) is 12.3. The molecule has 164 valence electrons. The van der Waals surface area contributed by atoms with Gasteiger partial charge in [-0.2, -0.15) is 8.42 Å². The summed E-state index contributed by atoms with van der Waals surface area (Å²) in [6.07, 6.45) is 2.31. The van der Waals surface area contributed by atoms with Crippen LogP contribution in [0.3, 0.4) is 0 Å². The fraction of sp³-hybridized carbons (Fsp3) is 0.565. The van der Waals surface area contributed by atoms with E-state index < -0.39 is 10.0 Å². The second-order valence-electron chi connectivity index (χ2n) is 8.70. The SMILES string of the molecule is CCC(C)NC(=O)C1CCN(C2=NS(=O)(=O)C(c3ccc(C(C)C)cc3)=C2C)CC1. The van der Waals surface area contributed by atoms with Crippen LogP contribution in [0.25, 0.3) is 4.91 Å². The van der Waals surface area contributed by atoms with Crippen LogP contribution in [0.1, 0.15) is 70.9 Å². The smallest absolute Gasteiger partial charge is 0.285 e. The Labute approximate surface area is 180 Å². The van der Waals surface area contributed by atoms with E-state index in [4.69, 9.17) is 0 Å². The van der Waals surface area contributed by atoms with E-state index in [2.05, 4.69) is 30.5 Å². The number of nitrogens with zero attached hydrogens (tertiary/aromatic N) is 2. The second-order valence-corrected chi connectivity index (χ2v) is 10.2. The van der Waals surface area contributed by atoms with Gasteiger partial charge in [0.05, 0.1) is 0 Å². The lowest BCUT2D eigenvalue weighted by molar-refractivity contribution is -0.126. The van der Waals surface area contributed by atoms with Gasteiger partial charge in [-0.15, -0.1) is 4.40 Å². The summed E-state index contributed by atoms with van der Waals surface area (Å²) in [5.74, 6) is 0.989.